The summed E-state index contributed by atoms with van der Waals surface area (Å²) in [4.78, 5) is 0. The molecular weight excluding hydrogens is 196 g/mol. The van der Waals surface area contributed by atoms with Crippen LogP contribution < -0.4 is 5.32 Å². The Kier molecular flexibility index (Phi) is 5.01. The molecule has 2 unspecified atom stereocenters. The van der Waals surface area contributed by atoms with Gasteiger partial charge in [-0.25, -0.2) is 0 Å². The quantitative estimate of drug-likeness (QED) is 0.820. The SMILES string of the molecule is CC(C)C(C)NC(CC#N)c1ccccc1. The van der Waals surface area contributed by atoms with Crippen molar-refractivity contribution < 1.29 is 0 Å². The van der Waals surface area contributed by atoms with Crippen molar-refractivity contribution >= 4 is 0 Å². The molecule has 0 spiro atoms. The van der Waals surface area contributed by atoms with E-state index in [1.54, 1.807) is 0 Å². The van der Waals surface area contributed by atoms with E-state index in [0.717, 1.165) is 0 Å². The summed E-state index contributed by atoms with van der Waals surface area (Å²) in [6, 6.07) is 13.0. The first-order chi connectivity index (χ1) is 7.65. The minimum Gasteiger partial charge on any atom is -0.306 e. The van der Waals surface area contributed by atoms with Crippen LogP contribution >= 0.6 is 0 Å². The molecular formula is C14H20N2. The van der Waals surface area contributed by atoms with Crippen LogP contribution in [-0.2, 0) is 0 Å². The average molecular weight is 216 g/mol. The van der Waals surface area contributed by atoms with Gasteiger partial charge >= 0.3 is 0 Å². The summed E-state index contributed by atoms with van der Waals surface area (Å²) >= 11 is 0. The predicted molar refractivity (Wildman–Crippen MR) is 66.8 cm³/mol. The second-order valence-electron chi connectivity index (χ2n) is 4.52. The molecule has 2 nitrogen and oxygen atoms in total. The molecule has 1 aromatic carbocycles. The van der Waals surface area contributed by atoms with E-state index in [4.69, 9.17) is 5.26 Å². The molecule has 16 heavy (non-hydrogen) atoms. The molecule has 0 aliphatic rings. The Labute approximate surface area is 98.3 Å². The van der Waals surface area contributed by atoms with Gasteiger partial charge in [0.15, 0.2) is 0 Å². The van der Waals surface area contributed by atoms with Gasteiger partial charge in [-0.05, 0) is 18.4 Å². The topological polar surface area (TPSA) is 35.8 Å². The van der Waals surface area contributed by atoms with Gasteiger partial charge in [0.25, 0.3) is 0 Å². The summed E-state index contributed by atoms with van der Waals surface area (Å²) in [7, 11) is 0. The minimum atomic E-state index is 0.142. The maximum Gasteiger partial charge on any atom is 0.0641 e. The van der Waals surface area contributed by atoms with Gasteiger partial charge in [0, 0.05) is 12.1 Å². The highest BCUT2D eigenvalue weighted by molar-refractivity contribution is 5.20. The highest BCUT2D eigenvalue weighted by atomic mass is 14.9. The third-order valence-electron chi connectivity index (χ3n) is 2.96. The van der Waals surface area contributed by atoms with Gasteiger partial charge in [-0.2, -0.15) is 5.26 Å². The molecule has 0 aliphatic heterocycles. The highest BCUT2D eigenvalue weighted by Gasteiger charge is 2.15. The molecule has 1 N–H and O–H groups in total. The maximum atomic E-state index is 8.86. The van der Waals surface area contributed by atoms with Gasteiger partial charge in [-0.1, -0.05) is 44.2 Å². The zero-order chi connectivity index (χ0) is 12.0. The van der Waals surface area contributed by atoms with Crippen LogP contribution in [0.4, 0.5) is 0 Å². The summed E-state index contributed by atoms with van der Waals surface area (Å²) in [6.45, 7) is 6.54. The van der Waals surface area contributed by atoms with Crippen molar-refractivity contribution in [1.82, 2.24) is 5.32 Å². The van der Waals surface area contributed by atoms with Crippen molar-refractivity contribution in [3.8, 4) is 6.07 Å². The van der Waals surface area contributed by atoms with E-state index in [2.05, 4.69) is 44.3 Å². The molecule has 0 heterocycles. The number of benzene rings is 1. The second kappa shape index (κ2) is 6.30. The van der Waals surface area contributed by atoms with Crippen LogP contribution in [0, 0.1) is 17.2 Å². The second-order valence-corrected chi connectivity index (χ2v) is 4.52. The fourth-order valence-electron chi connectivity index (χ4n) is 1.56. The molecule has 0 aromatic heterocycles. The van der Waals surface area contributed by atoms with E-state index in [0.29, 0.717) is 18.4 Å². The Morgan fingerprint density at radius 3 is 2.31 bits per heavy atom. The fourth-order valence-corrected chi connectivity index (χ4v) is 1.56. The van der Waals surface area contributed by atoms with Crippen molar-refractivity contribution in [2.75, 3.05) is 0 Å². The van der Waals surface area contributed by atoms with E-state index in [1.807, 2.05) is 18.2 Å². The first-order valence-electron chi connectivity index (χ1n) is 5.83. The van der Waals surface area contributed by atoms with Crippen molar-refractivity contribution in [1.29, 1.82) is 5.26 Å². The van der Waals surface area contributed by atoms with Gasteiger partial charge in [0.05, 0.1) is 12.5 Å². The summed E-state index contributed by atoms with van der Waals surface area (Å²) < 4.78 is 0. The van der Waals surface area contributed by atoms with Gasteiger partial charge < -0.3 is 5.32 Å². The lowest BCUT2D eigenvalue weighted by atomic mass is 10.00. The number of rotatable bonds is 5. The molecule has 2 heteroatoms. The molecule has 0 radical (unpaired) electrons. The summed E-state index contributed by atoms with van der Waals surface area (Å²) in [5, 5.41) is 12.4. The number of nitrogens with zero attached hydrogens (tertiary/aromatic N) is 1. The number of nitriles is 1. The third kappa shape index (κ3) is 3.67. The molecule has 0 saturated heterocycles. The lowest BCUT2D eigenvalue weighted by Gasteiger charge is -2.24. The van der Waals surface area contributed by atoms with Crippen molar-refractivity contribution in [2.24, 2.45) is 5.92 Å². The lowest BCUT2D eigenvalue weighted by molar-refractivity contribution is 0.378. The van der Waals surface area contributed by atoms with Crippen LogP contribution in [0.1, 0.15) is 38.8 Å². The largest absolute Gasteiger partial charge is 0.306 e. The number of hydrogen-bond donors (Lipinski definition) is 1. The van der Waals surface area contributed by atoms with Crippen molar-refractivity contribution in [3.63, 3.8) is 0 Å². The molecule has 1 rings (SSSR count). The van der Waals surface area contributed by atoms with E-state index in [-0.39, 0.29) is 6.04 Å². The zero-order valence-electron chi connectivity index (χ0n) is 10.3. The van der Waals surface area contributed by atoms with Gasteiger partial charge in [-0.3, -0.25) is 0 Å². The average Bonchev–Trinajstić information content (AvgIpc) is 2.29. The van der Waals surface area contributed by atoms with Crippen LogP contribution in [0.2, 0.25) is 0 Å². The summed E-state index contributed by atoms with van der Waals surface area (Å²) in [5.74, 6) is 0.574. The van der Waals surface area contributed by atoms with Crippen LogP contribution in [-0.4, -0.2) is 6.04 Å². The Morgan fingerprint density at radius 1 is 1.19 bits per heavy atom. The molecule has 0 saturated carbocycles. The Morgan fingerprint density at radius 2 is 1.81 bits per heavy atom. The Balaban J connectivity index is 2.73. The summed E-state index contributed by atoms with van der Waals surface area (Å²) in [6.07, 6.45) is 0.515. The molecule has 0 amide bonds. The molecule has 86 valence electrons. The first kappa shape index (κ1) is 12.7. The minimum absolute atomic E-state index is 0.142. The fraction of sp³-hybridized carbons (Fsp3) is 0.500. The van der Waals surface area contributed by atoms with E-state index in [1.165, 1.54) is 5.56 Å². The van der Waals surface area contributed by atoms with Crippen LogP contribution in [0.25, 0.3) is 0 Å². The number of hydrogen-bond acceptors (Lipinski definition) is 2. The van der Waals surface area contributed by atoms with E-state index >= 15 is 0 Å². The normalized spacial score (nSPS) is 14.4. The molecule has 2 atom stereocenters. The van der Waals surface area contributed by atoms with Crippen LogP contribution in [0.5, 0.6) is 0 Å². The smallest absolute Gasteiger partial charge is 0.0641 e. The number of nitrogens with one attached hydrogen (secondary N) is 1. The summed E-state index contributed by atoms with van der Waals surface area (Å²) in [5.41, 5.74) is 1.19. The first-order valence-corrected chi connectivity index (χ1v) is 5.83. The Hall–Kier alpha value is -1.33. The zero-order valence-corrected chi connectivity index (χ0v) is 10.3. The highest BCUT2D eigenvalue weighted by Crippen LogP contribution is 2.18. The van der Waals surface area contributed by atoms with E-state index in [9.17, 15) is 0 Å². The van der Waals surface area contributed by atoms with Crippen molar-refractivity contribution in [2.45, 2.75) is 39.3 Å². The van der Waals surface area contributed by atoms with Crippen LogP contribution in [0.15, 0.2) is 30.3 Å². The molecule has 1 aromatic rings. The lowest BCUT2D eigenvalue weighted by Crippen LogP contribution is -2.34. The maximum absolute atomic E-state index is 8.86. The molecule has 0 fully saturated rings. The third-order valence-corrected chi connectivity index (χ3v) is 2.96. The van der Waals surface area contributed by atoms with Crippen LogP contribution in [0.3, 0.4) is 0 Å². The van der Waals surface area contributed by atoms with Gasteiger partial charge in [0.1, 0.15) is 0 Å². The molecule has 0 aliphatic carbocycles. The van der Waals surface area contributed by atoms with Crippen molar-refractivity contribution in [3.05, 3.63) is 35.9 Å². The molecule has 0 bridgehead atoms. The Bertz CT molecular complexity index is 338. The van der Waals surface area contributed by atoms with Gasteiger partial charge in [-0.15, -0.1) is 0 Å². The van der Waals surface area contributed by atoms with Gasteiger partial charge in [0.2, 0.25) is 0 Å². The predicted octanol–water partition coefficient (Wildman–Crippen LogP) is 3.28. The van der Waals surface area contributed by atoms with E-state index < -0.39 is 0 Å². The standard InChI is InChI=1S/C14H20N2/c1-11(2)12(3)16-14(9-10-15)13-7-5-4-6-8-13/h4-8,11-12,14,16H,9H2,1-3H3. The monoisotopic (exact) mass is 216 g/mol.